The first-order chi connectivity index (χ1) is 18.0. The molecule has 0 unspecified atom stereocenters. The fourth-order valence-corrected chi connectivity index (χ4v) is 5.28. The molecule has 4 aromatic rings. The Hall–Kier alpha value is -3.98. The van der Waals surface area contributed by atoms with Crippen LogP contribution in [-0.2, 0) is 17.8 Å². The van der Waals surface area contributed by atoms with Crippen molar-refractivity contribution in [1.29, 1.82) is 0 Å². The van der Waals surface area contributed by atoms with Crippen molar-refractivity contribution >= 4 is 29.3 Å². The SMILES string of the molecule is Cc1cccc(-n2c(CNC(=O)c3ccccc3F)nnc2SCC(=O)N2CCCc3ccccc32)c1. The minimum atomic E-state index is -0.589. The highest BCUT2D eigenvalue weighted by atomic mass is 32.2. The molecule has 37 heavy (non-hydrogen) atoms. The summed E-state index contributed by atoms with van der Waals surface area (Å²) in [6, 6.07) is 21.6. The standard InChI is InChI=1S/C28H26FN5O2S/c1-19-8-6-11-21(16-19)34-25(17-30-27(36)22-12-3-4-13-23(22)29)31-32-28(34)37-18-26(35)33-15-7-10-20-9-2-5-14-24(20)33/h2-6,8-9,11-14,16H,7,10,15,17-18H2,1H3,(H,30,36). The van der Waals surface area contributed by atoms with Gasteiger partial charge in [0.25, 0.3) is 5.91 Å². The third-order valence-electron chi connectivity index (χ3n) is 6.22. The van der Waals surface area contributed by atoms with Gasteiger partial charge in [-0.2, -0.15) is 0 Å². The first-order valence-electron chi connectivity index (χ1n) is 12.1. The van der Waals surface area contributed by atoms with Gasteiger partial charge in [0.15, 0.2) is 11.0 Å². The van der Waals surface area contributed by atoms with Crippen molar-refractivity contribution in [2.75, 3.05) is 17.2 Å². The fourth-order valence-electron chi connectivity index (χ4n) is 4.43. The van der Waals surface area contributed by atoms with E-state index in [4.69, 9.17) is 0 Å². The van der Waals surface area contributed by atoms with Crippen molar-refractivity contribution in [2.24, 2.45) is 0 Å². The Morgan fingerprint density at radius 3 is 2.68 bits per heavy atom. The molecule has 2 heterocycles. The molecule has 0 bridgehead atoms. The summed E-state index contributed by atoms with van der Waals surface area (Å²) in [6.07, 6.45) is 1.90. The Labute approximate surface area is 218 Å². The highest BCUT2D eigenvalue weighted by Gasteiger charge is 2.24. The maximum atomic E-state index is 14.0. The number of aromatic nitrogens is 3. The molecule has 188 valence electrons. The Balaban J connectivity index is 1.36. The zero-order valence-corrected chi connectivity index (χ0v) is 21.2. The normalized spacial score (nSPS) is 12.8. The molecule has 0 saturated carbocycles. The summed E-state index contributed by atoms with van der Waals surface area (Å²) >= 11 is 1.30. The van der Waals surface area contributed by atoms with Crippen molar-refractivity contribution < 1.29 is 14.0 Å². The first kappa shape index (κ1) is 24.7. The minimum Gasteiger partial charge on any atom is -0.345 e. The van der Waals surface area contributed by atoms with Gasteiger partial charge in [0.2, 0.25) is 5.91 Å². The first-order valence-corrected chi connectivity index (χ1v) is 13.0. The minimum absolute atomic E-state index is 0.00495. The Morgan fingerprint density at radius 2 is 1.84 bits per heavy atom. The van der Waals surface area contributed by atoms with Crippen molar-refractivity contribution in [3.8, 4) is 5.69 Å². The lowest BCUT2D eigenvalue weighted by molar-refractivity contribution is -0.116. The van der Waals surface area contributed by atoms with Gasteiger partial charge in [0.05, 0.1) is 17.9 Å². The van der Waals surface area contributed by atoms with Crippen molar-refractivity contribution in [3.05, 3.63) is 101 Å². The van der Waals surface area contributed by atoms with Crippen molar-refractivity contribution in [2.45, 2.75) is 31.5 Å². The van der Waals surface area contributed by atoms with Crippen LogP contribution in [0.25, 0.3) is 5.69 Å². The van der Waals surface area contributed by atoms with Crippen molar-refractivity contribution in [3.63, 3.8) is 0 Å². The molecule has 5 rings (SSSR count). The van der Waals surface area contributed by atoms with Crippen LogP contribution in [0, 0.1) is 12.7 Å². The maximum absolute atomic E-state index is 14.0. The van der Waals surface area contributed by atoms with Gasteiger partial charge in [-0.25, -0.2) is 4.39 Å². The second-order valence-electron chi connectivity index (χ2n) is 8.80. The monoisotopic (exact) mass is 515 g/mol. The molecule has 1 aliphatic rings. The van der Waals surface area contributed by atoms with Crippen LogP contribution in [0.5, 0.6) is 0 Å². The molecule has 0 radical (unpaired) electrons. The third kappa shape index (κ3) is 5.41. The van der Waals surface area contributed by atoms with Crippen LogP contribution >= 0.6 is 11.8 Å². The molecule has 2 amide bonds. The number of halogens is 1. The molecule has 0 spiro atoms. The van der Waals surface area contributed by atoms with Crippen LogP contribution in [0.4, 0.5) is 10.1 Å². The zero-order valence-electron chi connectivity index (χ0n) is 20.4. The van der Waals surface area contributed by atoms with Crippen LogP contribution < -0.4 is 10.2 Å². The number of nitrogens with one attached hydrogen (secondary N) is 1. The lowest BCUT2D eigenvalue weighted by Crippen LogP contribution is -2.36. The summed E-state index contributed by atoms with van der Waals surface area (Å²) in [5, 5.41) is 11.9. The van der Waals surface area contributed by atoms with Gasteiger partial charge < -0.3 is 10.2 Å². The van der Waals surface area contributed by atoms with Gasteiger partial charge in [-0.05, 0) is 61.2 Å². The second-order valence-corrected chi connectivity index (χ2v) is 9.74. The summed E-state index contributed by atoms with van der Waals surface area (Å²) in [5.41, 5.74) is 3.98. The highest BCUT2D eigenvalue weighted by Crippen LogP contribution is 2.29. The predicted octanol–water partition coefficient (Wildman–Crippen LogP) is 4.72. The predicted molar refractivity (Wildman–Crippen MR) is 142 cm³/mol. The average molecular weight is 516 g/mol. The van der Waals surface area contributed by atoms with Gasteiger partial charge >= 0.3 is 0 Å². The number of nitrogens with zero attached hydrogens (tertiary/aromatic N) is 4. The molecular formula is C28H26FN5O2S. The topological polar surface area (TPSA) is 80.1 Å². The van der Waals surface area contributed by atoms with Crippen LogP contribution in [0.1, 0.15) is 33.7 Å². The number of fused-ring (bicyclic) bond motifs is 1. The number of thioether (sulfide) groups is 1. The van der Waals surface area contributed by atoms with E-state index >= 15 is 0 Å². The number of para-hydroxylation sites is 1. The smallest absolute Gasteiger partial charge is 0.254 e. The molecule has 0 fully saturated rings. The molecule has 0 atom stereocenters. The number of benzene rings is 3. The van der Waals surface area contributed by atoms with E-state index < -0.39 is 11.7 Å². The summed E-state index contributed by atoms with van der Waals surface area (Å²) < 4.78 is 15.9. The van der Waals surface area contributed by atoms with Gasteiger partial charge in [-0.1, -0.05) is 54.2 Å². The number of carbonyl (C=O) groups excluding carboxylic acids is 2. The van der Waals surface area contributed by atoms with Crippen LogP contribution in [-0.4, -0.2) is 38.9 Å². The summed E-state index contributed by atoms with van der Waals surface area (Å²) in [6.45, 7) is 2.72. The molecule has 1 aromatic heterocycles. The lowest BCUT2D eigenvalue weighted by Gasteiger charge is -2.29. The summed E-state index contributed by atoms with van der Waals surface area (Å²) in [4.78, 5) is 27.6. The second kappa shape index (κ2) is 11.0. The van der Waals surface area contributed by atoms with Crippen LogP contribution in [0.15, 0.2) is 78.0 Å². The zero-order chi connectivity index (χ0) is 25.8. The molecule has 1 aliphatic heterocycles. The fraction of sp³-hybridized carbons (Fsp3) is 0.214. The van der Waals surface area contributed by atoms with E-state index in [-0.39, 0.29) is 23.8 Å². The summed E-state index contributed by atoms with van der Waals surface area (Å²) in [7, 11) is 0. The molecular weight excluding hydrogens is 489 g/mol. The van der Waals surface area contributed by atoms with E-state index in [2.05, 4.69) is 21.6 Å². The van der Waals surface area contributed by atoms with E-state index in [1.54, 1.807) is 6.07 Å². The van der Waals surface area contributed by atoms with Gasteiger partial charge in [0, 0.05) is 17.9 Å². The highest BCUT2D eigenvalue weighted by molar-refractivity contribution is 7.99. The number of carbonyl (C=O) groups is 2. The third-order valence-corrected chi connectivity index (χ3v) is 7.14. The largest absolute Gasteiger partial charge is 0.345 e. The number of amides is 2. The number of anilines is 1. The molecule has 3 aromatic carbocycles. The van der Waals surface area contributed by atoms with E-state index in [1.165, 1.54) is 35.5 Å². The summed E-state index contributed by atoms with van der Waals surface area (Å²) in [5.74, 6) is -0.446. The molecule has 7 nitrogen and oxygen atoms in total. The van der Waals surface area contributed by atoms with Gasteiger partial charge in [-0.15, -0.1) is 10.2 Å². The van der Waals surface area contributed by atoms with Gasteiger partial charge in [-0.3, -0.25) is 14.2 Å². The number of hydrogen-bond donors (Lipinski definition) is 1. The van der Waals surface area contributed by atoms with E-state index in [9.17, 15) is 14.0 Å². The van der Waals surface area contributed by atoms with Crippen LogP contribution in [0.3, 0.4) is 0 Å². The molecule has 0 aliphatic carbocycles. The maximum Gasteiger partial charge on any atom is 0.254 e. The lowest BCUT2D eigenvalue weighted by atomic mass is 10.0. The van der Waals surface area contributed by atoms with Crippen molar-refractivity contribution in [1.82, 2.24) is 20.1 Å². The Kier molecular flexibility index (Phi) is 7.32. The quantitative estimate of drug-likeness (QED) is 0.361. The number of aryl methyl sites for hydroxylation is 2. The molecule has 9 heteroatoms. The molecule has 1 N–H and O–H groups in total. The Bertz CT molecular complexity index is 1450. The number of rotatable bonds is 7. The van der Waals surface area contributed by atoms with E-state index in [1.807, 2.05) is 58.9 Å². The molecule has 0 saturated heterocycles. The number of hydrogen-bond acceptors (Lipinski definition) is 5. The Morgan fingerprint density at radius 1 is 1.03 bits per heavy atom. The van der Waals surface area contributed by atoms with E-state index in [0.29, 0.717) is 17.5 Å². The van der Waals surface area contributed by atoms with E-state index in [0.717, 1.165) is 29.8 Å². The van der Waals surface area contributed by atoms with Crippen LogP contribution in [0.2, 0.25) is 0 Å². The van der Waals surface area contributed by atoms with Gasteiger partial charge in [0.1, 0.15) is 5.82 Å². The average Bonchev–Trinajstić information content (AvgIpc) is 3.33.